The van der Waals surface area contributed by atoms with Gasteiger partial charge in [-0.1, -0.05) is 13.3 Å². The maximum absolute atomic E-state index is 11.2. The molecule has 0 saturated heterocycles. The minimum Gasteiger partial charge on any atom is -0.382 e. The van der Waals surface area contributed by atoms with Gasteiger partial charge in [0.1, 0.15) is 10.6 Å². The van der Waals surface area contributed by atoms with Gasteiger partial charge in [0.2, 0.25) is 0 Å². The Labute approximate surface area is 93.2 Å². The molecule has 0 saturated carbocycles. The molecule has 15 heavy (non-hydrogen) atoms. The van der Waals surface area contributed by atoms with Gasteiger partial charge in [0, 0.05) is 13.6 Å². The van der Waals surface area contributed by atoms with Crippen molar-refractivity contribution < 1.29 is 4.79 Å². The fraction of sp³-hybridized carbons (Fsp3) is 0.556. The molecular weight excluding hydrogens is 212 g/mol. The summed E-state index contributed by atoms with van der Waals surface area (Å²) in [6, 6.07) is 0. The average molecular weight is 228 g/mol. The maximum Gasteiger partial charge on any atom is 0.255 e. The van der Waals surface area contributed by atoms with Crippen molar-refractivity contribution in [2.75, 3.05) is 24.2 Å². The van der Waals surface area contributed by atoms with Crippen LogP contribution in [-0.4, -0.2) is 23.9 Å². The highest BCUT2D eigenvalue weighted by Gasteiger charge is 2.19. The van der Waals surface area contributed by atoms with Crippen LogP contribution in [0.5, 0.6) is 0 Å². The predicted octanol–water partition coefficient (Wildman–Crippen LogP) is 1.06. The molecule has 1 aromatic heterocycles. The number of nitrogen functional groups attached to an aromatic ring is 1. The number of rotatable bonds is 5. The SMILES string of the molecule is CCCCN(C)c1snc(N)c1C(N)=O. The van der Waals surface area contributed by atoms with Gasteiger partial charge in [0.05, 0.1) is 0 Å². The molecule has 0 fully saturated rings. The summed E-state index contributed by atoms with van der Waals surface area (Å²) in [6.07, 6.45) is 2.16. The highest BCUT2D eigenvalue weighted by Crippen LogP contribution is 2.29. The number of amides is 1. The fourth-order valence-corrected chi connectivity index (χ4v) is 2.09. The monoisotopic (exact) mass is 228 g/mol. The van der Waals surface area contributed by atoms with Crippen molar-refractivity contribution in [3.8, 4) is 0 Å². The zero-order chi connectivity index (χ0) is 11.4. The number of nitrogens with zero attached hydrogens (tertiary/aromatic N) is 2. The first kappa shape index (κ1) is 11.8. The molecule has 1 rings (SSSR count). The van der Waals surface area contributed by atoms with Gasteiger partial charge in [-0.3, -0.25) is 4.79 Å². The van der Waals surface area contributed by atoms with E-state index < -0.39 is 5.91 Å². The third-order valence-electron chi connectivity index (χ3n) is 2.14. The molecule has 4 N–H and O–H groups in total. The second kappa shape index (κ2) is 4.97. The molecule has 0 aliphatic heterocycles. The number of carbonyl (C=O) groups excluding carboxylic acids is 1. The number of unbranched alkanes of at least 4 members (excludes halogenated alkanes) is 1. The van der Waals surface area contributed by atoms with Crippen molar-refractivity contribution in [1.29, 1.82) is 0 Å². The van der Waals surface area contributed by atoms with Crippen molar-refractivity contribution in [3.63, 3.8) is 0 Å². The summed E-state index contributed by atoms with van der Waals surface area (Å²) in [5, 5.41) is 0.758. The van der Waals surface area contributed by atoms with Gasteiger partial charge in [0.15, 0.2) is 5.82 Å². The van der Waals surface area contributed by atoms with E-state index in [0.717, 1.165) is 24.4 Å². The molecule has 0 aliphatic carbocycles. The Kier molecular flexibility index (Phi) is 3.90. The topological polar surface area (TPSA) is 85.2 Å². The van der Waals surface area contributed by atoms with E-state index >= 15 is 0 Å². The van der Waals surface area contributed by atoms with E-state index in [9.17, 15) is 4.79 Å². The van der Waals surface area contributed by atoms with E-state index in [1.807, 2.05) is 11.9 Å². The molecular formula is C9H16N4OS. The molecule has 0 aliphatic rings. The van der Waals surface area contributed by atoms with E-state index in [4.69, 9.17) is 11.5 Å². The second-order valence-corrected chi connectivity index (χ2v) is 4.14. The largest absolute Gasteiger partial charge is 0.382 e. The van der Waals surface area contributed by atoms with Crippen molar-refractivity contribution in [3.05, 3.63) is 5.56 Å². The number of primary amides is 1. The van der Waals surface area contributed by atoms with E-state index in [1.54, 1.807) is 0 Å². The van der Waals surface area contributed by atoms with Crippen LogP contribution < -0.4 is 16.4 Å². The first-order valence-electron chi connectivity index (χ1n) is 4.84. The van der Waals surface area contributed by atoms with E-state index in [1.165, 1.54) is 11.5 Å². The zero-order valence-electron chi connectivity index (χ0n) is 8.99. The van der Waals surface area contributed by atoms with Crippen LogP contribution in [-0.2, 0) is 0 Å². The quantitative estimate of drug-likeness (QED) is 0.789. The lowest BCUT2D eigenvalue weighted by molar-refractivity contribution is 0.100. The summed E-state index contributed by atoms with van der Waals surface area (Å²) in [4.78, 5) is 13.1. The van der Waals surface area contributed by atoms with Crippen LogP contribution in [0.1, 0.15) is 30.1 Å². The van der Waals surface area contributed by atoms with E-state index in [0.29, 0.717) is 5.56 Å². The molecule has 84 valence electrons. The Hall–Kier alpha value is -1.30. The molecule has 5 nitrogen and oxygen atoms in total. The molecule has 6 heteroatoms. The number of hydrogen-bond acceptors (Lipinski definition) is 5. The molecule has 0 bridgehead atoms. The molecule has 0 radical (unpaired) electrons. The van der Waals surface area contributed by atoms with Crippen LogP contribution in [0.2, 0.25) is 0 Å². The molecule has 0 spiro atoms. The summed E-state index contributed by atoms with van der Waals surface area (Å²) in [7, 11) is 1.91. The number of hydrogen-bond donors (Lipinski definition) is 2. The predicted molar refractivity (Wildman–Crippen MR) is 63.2 cm³/mol. The Morgan fingerprint density at radius 1 is 1.60 bits per heavy atom. The molecule has 1 aromatic rings. The molecule has 1 amide bonds. The number of carbonyl (C=O) groups is 1. The van der Waals surface area contributed by atoms with Crippen molar-refractivity contribution >= 4 is 28.3 Å². The molecule has 0 atom stereocenters. The van der Waals surface area contributed by atoms with Gasteiger partial charge in [-0.2, -0.15) is 4.37 Å². The van der Waals surface area contributed by atoms with Gasteiger partial charge in [-0.15, -0.1) is 0 Å². The Morgan fingerprint density at radius 3 is 2.80 bits per heavy atom. The third kappa shape index (κ3) is 2.59. The maximum atomic E-state index is 11.2. The fourth-order valence-electron chi connectivity index (χ4n) is 1.28. The summed E-state index contributed by atoms with van der Waals surface area (Å²) < 4.78 is 3.94. The number of aromatic nitrogens is 1. The second-order valence-electron chi connectivity index (χ2n) is 3.39. The van der Waals surface area contributed by atoms with Crippen LogP contribution >= 0.6 is 11.5 Å². The summed E-state index contributed by atoms with van der Waals surface area (Å²) in [5.41, 5.74) is 11.2. The summed E-state index contributed by atoms with van der Waals surface area (Å²) in [5.74, 6) is -0.287. The first-order valence-corrected chi connectivity index (χ1v) is 5.61. The highest BCUT2D eigenvalue weighted by molar-refractivity contribution is 7.11. The average Bonchev–Trinajstić information content (AvgIpc) is 2.56. The standard InChI is InChI=1S/C9H16N4OS/c1-3-4-5-13(2)9-6(8(11)14)7(10)12-15-9/h3-5H2,1-2H3,(H2,10,12)(H2,11,14). The van der Waals surface area contributed by atoms with Crippen LogP contribution in [0.3, 0.4) is 0 Å². The Bertz CT molecular complexity index is 350. The first-order chi connectivity index (χ1) is 7.07. The lowest BCUT2D eigenvalue weighted by Gasteiger charge is -2.16. The van der Waals surface area contributed by atoms with E-state index in [-0.39, 0.29) is 5.82 Å². The van der Waals surface area contributed by atoms with Crippen LogP contribution in [0.4, 0.5) is 10.8 Å². The van der Waals surface area contributed by atoms with Crippen molar-refractivity contribution in [1.82, 2.24) is 4.37 Å². The third-order valence-corrected chi connectivity index (χ3v) is 3.12. The number of nitrogens with two attached hydrogens (primary N) is 2. The van der Waals surface area contributed by atoms with Crippen LogP contribution in [0, 0.1) is 0 Å². The number of anilines is 2. The summed E-state index contributed by atoms with van der Waals surface area (Å²) in [6.45, 7) is 2.99. The van der Waals surface area contributed by atoms with Gasteiger partial charge >= 0.3 is 0 Å². The van der Waals surface area contributed by atoms with E-state index in [2.05, 4.69) is 11.3 Å². The zero-order valence-corrected chi connectivity index (χ0v) is 9.80. The molecule has 1 heterocycles. The van der Waals surface area contributed by atoms with Crippen molar-refractivity contribution in [2.24, 2.45) is 5.73 Å². The minimum absolute atomic E-state index is 0.228. The minimum atomic E-state index is -0.514. The lowest BCUT2D eigenvalue weighted by Crippen LogP contribution is -2.22. The Morgan fingerprint density at radius 2 is 2.27 bits per heavy atom. The Balaban J connectivity index is 2.88. The molecule has 0 unspecified atom stereocenters. The van der Waals surface area contributed by atoms with Gasteiger partial charge in [-0.05, 0) is 18.0 Å². The molecule has 0 aromatic carbocycles. The van der Waals surface area contributed by atoms with Gasteiger partial charge in [0.25, 0.3) is 5.91 Å². The van der Waals surface area contributed by atoms with Gasteiger partial charge < -0.3 is 16.4 Å². The normalized spacial score (nSPS) is 10.3. The van der Waals surface area contributed by atoms with Crippen LogP contribution in [0.15, 0.2) is 0 Å². The van der Waals surface area contributed by atoms with Crippen molar-refractivity contribution in [2.45, 2.75) is 19.8 Å². The smallest absolute Gasteiger partial charge is 0.255 e. The summed E-state index contributed by atoms with van der Waals surface area (Å²) >= 11 is 1.21. The van der Waals surface area contributed by atoms with Gasteiger partial charge in [-0.25, -0.2) is 0 Å². The lowest BCUT2D eigenvalue weighted by atomic mass is 10.2. The van der Waals surface area contributed by atoms with Crippen LogP contribution in [0.25, 0.3) is 0 Å². The highest BCUT2D eigenvalue weighted by atomic mass is 32.1.